The molecule has 33 heavy (non-hydrogen) atoms. The molecule has 1 unspecified atom stereocenters. The summed E-state index contributed by atoms with van der Waals surface area (Å²) < 4.78 is 26.1. The van der Waals surface area contributed by atoms with Crippen molar-refractivity contribution in [1.29, 1.82) is 0 Å². The fourth-order valence-corrected chi connectivity index (χ4v) is 5.22. The van der Waals surface area contributed by atoms with Gasteiger partial charge in [0.05, 0.1) is 4.90 Å². The van der Waals surface area contributed by atoms with Gasteiger partial charge in [-0.2, -0.15) is 0 Å². The average molecular weight is 461 g/mol. The molecule has 1 amide bonds. The highest BCUT2D eigenvalue weighted by Gasteiger charge is 2.31. The van der Waals surface area contributed by atoms with Crippen molar-refractivity contribution < 1.29 is 13.2 Å². The smallest absolute Gasteiger partial charge is 0.255 e. The van der Waals surface area contributed by atoms with Crippen LogP contribution in [-0.2, 0) is 22.7 Å². The van der Waals surface area contributed by atoms with E-state index in [9.17, 15) is 13.2 Å². The fraction of sp³-hybridized carbons (Fsp3) is 0.222. The zero-order chi connectivity index (χ0) is 23.3. The lowest BCUT2D eigenvalue weighted by atomic mass is 9.99. The number of sulfone groups is 1. The third-order valence-electron chi connectivity index (χ3n) is 5.73. The first-order valence-electron chi connectivity index (χ1n) is 11.1. The van der Waals surface area contributed by atoms with Gasteiger partial charge in [0.1, 0.15) is 5.37 Å². The van der Waals surface area contributed by atoms with Crippen molar-refractivity contribution in [3.8, 4) is 0 Å². The SMILES string of the molecule is C=CC(NC1CC1)S(=O)(=O)c1cccc(NC(=O)c2ccccc2CCc2ccccc2)c1. The molecule has 1 aliphatic carbocycles. The minimum absolute atomic E-state index is 0.149. The van der Waals surface area contributed by atoms with Crippen LogP contribution in [0.3, 0.4) is 0 Å². The summed E-state index contributed by atoms with van der Waals surface area (Å²) in [4.78, 5) is 13.2. The van der Waals surface area contributed by atoms with E-state index < -0.39 is 15.2 Å². The summed E-state index contributed by atoms with van der Waals surface area (Å²) in [7, 11) is -3.66. The van der Waals surface area contributed by atoms with E-state index in [0.717, 1.165) is 31.2 Å². The second-order valence-corrected chi connectivity index (χ2v) is 10.3. The van der Waals surface area contributed by atoms with Gasteiger partial charge in [-0.25, -0.2) is 8.42 Å². The number of hydrogen-bond donors (Lipinski definition) is 2. The van der Waals surface area contributed by atoms with E-state index in [1.54, 1.807) is 24.3 Å². The lowest BCUT2D eigenvalue weighted by molar-refractivity contribution is 0.102. The minimum atomic E-state index is -3.66. The van der Waals surface area contributed by atoms with E-state index in [2.05, 4.69) is 29.3 Å². The van der Waals surface area contributed by atoms with Gasteiger partial charge in [0.25, 0.3) is 5.91 Å². The minimum Gasteiger partial charge on any atom is -0.322 e. The van der Waals surface area contributed by atoms with Gasteiger partial charge < -0.3 is 5.32 Å². The predicted molar refractivity (Wildman–Crippen MR) is 132 cm³/mol. The molecule has 5 nitrogen and oxygen atoms in total. The molecule has 0 aliphatic heterocycles. The molecule has 0 heterocycles. The van der Waals surface area contributed by atoms with Gasteiger partial charge >= 0.3 is 0 Å². The zero-order valence-corrected chi connectivity index (χ0v) is 19.2. The van der Waals surface area contributed by atoms with Crippen molar-refractivity contribution in [3.05, 3.63) is 108 Å². The molecule has 2 N–H and O–H groups in total. The molecule has 0 radical (unpaired) electrons. The Kier molecular flexibility index (Phi) is 7.06. The highest BCUT2D eigenvalue weighted by atomic mass is 32.2. The number of hydrogen-bond acceptors (Lipinski definition) is 4. The third-order valence-corrected chi connectivity index (χ3v) is 7.64. The number of rotatable bonds is 10. The van der Waals surface area contributed by atoms with Gasteiger partial charge in [-0.15, -0.1) is 6.58 Å². The number of amides is 1. The van der Waals surface area contributed by atoms with Crippen molar-refractivity contribution in [1.82, 2.24) is 5.32 Å². The Morgan fingerprint density at radius 2 is 1.70 bits per heavy atom. The number of carbonyl (C=O) groups is 1. The third kappa shape index (κ3) is 5.78. The molecule has 1 atom stereocenters. The number of benzene rings is 3. The van der Waals surface area contributed by atoms with Crippen LogP contribution in [0.25, 0.3) is 0 Å². The van der Waals surface area contributed by atoms with Gasteiger partial charge in [-0.05, 0) is 61.1 Å². The summed E-state index contributed by atoms with van der Waals surface area (Å²) in [6.07, 6.45) is 4.92. The van der Waals surface area contributed by atoms with Crippen molar-refractivity contribution in [3.63, 3.8) is 0 Å². The Hall–Kier alpha value is -3.22. The molecule has 0 spiro atoms. The summed E-state index contributed by atoms with van der Waals surface area (Å²) in [6, 6.07) is 24.3. The summed E-state index contributed by atoms with van der Waals surface area (Å²) in [5, 5.41) is 5.12. The zero-order valence-electron chi connectivity index (χ0n) is 18.4. The van der Waals surface area contributed by atoms with Crippen LogP contribution in [0.2, 0.25) is 0 Å². The van der Waals surface area contributed by atoms with Crippen LogP contribution >= 0.6 is 0 Å². The lowest BCUT2D eigenvalue weighted by Gasteiger charge is -2.16. The van der Waals surface area contributed by atoms with Gasteiger partial charge in [-0.3, -0.25) is 10.1 Å². The van der Waals surface area contributed by atoms with Crippen molar-refractivity contribution in [2.75, 3.05) is 5.32 Å². The monoisotopic (exact) mass is 460 g/mol. The largest absolute Gasteiger partial charge is 0.322 e. The molecule has 3 aromatic rings. The quantitative estimate of drug-likeness (QED) is 0.428. The second kappa shape index (κ2) is 10.1. The molecule has 0 aromatic heterocycles. The fourth-order valence-electron chi connectivity index (χ4n) is 3.75. The molecular weight excluding hydrogens is 432 g/mol. The molecule has 1 saturated carbocycles. The van der Waals surface area contributed by atoms with Gasteiger partial charge in [0.2, 0.25) is 0 Å². The van der Waals surface area contributed by atoms with Crippen LogP contribution in [0.15, 0.2) is 96.4 Å². The number of nitrogens with one attached hydrogen (secondary N) is 2. The Labute approximate surface area is 195 Å². The topological polar surface area (TPSA) is 75.3 Å². The van der Waals surface area contributed by atoms with Gasteiger partial charge in [0, 0.05) is 17.3 Å². The summed E-state index contributed by atoms with van der Waals surface area (Å²) in [5.74, 6) is -0.260. The normalized spacial score (nSPS) is 14.4. The van der Waals surface area contributed by atoms with Crippen molar-refractivity contribution >= 4 is 21.4 Å². The lowest BCUT2D eigenvalue weighted by Crippen LogP contribution is -2.36. The van der Waals surface area contributed by atoms with Crippen molar-refractivity contribution in [2.45, 2.75) is 42.0 Å². The first kappa shape index (κ1) is 23.0. The van der Waals surface area contributed by atoms with E-state index in [1.165, 1.54) is 17.7 Å². The van der Waals surface area contributed by atoms with Crippen LogP contribution in [0.1, 0.15) is 34.3 Å². The molecule has 6 heteroatoms. The summed E-state index contributed by atoms with van der Waals surface area (Å²) >= 11 is 0. The molecular formula is C27H28N2O3S. The molecule has 3 aromatic carbocycles. The second-order valence-electron chi connectivity index (χ2n) is 8.27. The van der Waals surface area contributed by atoms with Gasteiger partial charge in [0.15, 0.2) is 9.84 Å². The van der Waals surface area contributed by atoms with Crippen LogP contribution in [-0.4, -0.2) is 25.7 Å². The van der Waals surface area contributed by atoms with Crippen LogP contribution in [0.4, 0.5) is 5.69 Å². The Morgan fingerprint density at radius 1 is 0.970 bits per heavy atom. The van der Waals surface area contributed by atoms with E-state index in [4.69, 9.17) is 0 Å². The molecule has 170 valence electrons. The maximum atomic E-state index is 13.1. The number of anilines is 1. The molecule has 1 fully saturated rings. The first-order chi connectivity index (χ1) is 16.0. The summed E-state index contributed by atoms with van der Waals surface area (Å²) in [6.45, 7) is 3.68. The van der Waals surface area contributed by atoms with E-state index in [-0.39, 0.29) is 16.8 Å². The predicted octanol–water partition coefficient (Wildman–Crippen LogP) is 4.76. The highest BCUT2D eigenvalue weighted by Crippen LogP contribution is 2.25. The maximum absolute atomic E-state index is 13.1. The highest BCUT2D eigenvalue weighted by molar-refractivity contribution is 7.92. The Balaban J connectivity index is 1.50. The van der Waals surface area contributed by atoms with E-state index in [1.807, 2.05) is 36.4 Å². The summed E-state index contributed by atoms with van der Waals surface area (Å²) in [5.41, 5.74) is 3.18. The molecule has 4 rings (SSSR count). The molecule has 0 saturated heterocycles. The van der Waals surface area contributed by atoms with E-state index >= 15 is 0 Å². The maximum Gasteiger partial charge on any atom is 0.255 e. The first-order valence-corrected chi connectivity index (χ1v) is 12.7. The van der Waals surface area contributed by atoms with Gasteiger partial charge in [-0.1, -0.05) is 60.7 Å². The number of aryl methyl sites for hydroxylation is 2. The standard InChI is InChI=1S/C27H28N2O3S/c1-2-26(28-22-17-18-22)33(31,32)24-13-8-12-23(19-24)29-27(30)25-14-7-6-11-21(25)16-15-20-9-4-3-5-10-20/h2-14,19,22,26,28H,1,15-18H2,(H,29,30). The van der Waals surface area contributed by atoms with Crippen molar-refractivity contribution in [2.24, 2.45) is 0 Å². The number of carbonyl (C=O) groups excluding carboxylic acids is 1. The Bertz CT molecular complexity index is 1230. The van der Waals surface area contributed by atoms with Crippen LogP contribution in [0.5, 0.6) is 0 Å². The average Bonchev–Trinajstić information content (AvgIpc) is 3.66. The molecule has 0 bridgehead atoms. The molecule has 1 aliphatic rings. The van der Waals surface area contributed by atoms with Crippen LogP contribution in [0, 0.1) is 0 Å². The van der Waals surface area contributed by atoms with Crippen LogP contribution < -0.4 is 10.6 Å². The van der Waals surface area contributed by atoms with E-state index in [0.29, 0.717) is 11.3 Å². The Morgan fingerprint density at radius 3 is 2.42 bits per heavy atom.